The van der Waals surface area contributed by atoms with E-state index in [1.165, 1.54) is 0 Å². The third kappa shape index (κ3) is 3.96. The van der Waals surface area contributed by atoms with Gasteiger partial charge in [0, 0.05) is 19.2 Å². The Bertz CT molecular complexity index is 475. The number of rotatable bonds is 5. The summed E-state index contributed by atoms with van der Waals surface area (Å²) in [4.78, 5) is 12.1. The number of esters is 1. The Morgan fingerprint density at radius 1 is 1.45 bits per heavy atom. The number of hydrogen-bond donors (Lipinski definition) is 1. The van der Waals surface area contributed by atoms with Crippen LogP contribution in [0.15, 0.2) is 0 Å². The van der Waals surface area contributed by atoms with E-state index in [1.807, 2.05) is 27.7 Å². The Labute approximate surface area is 120 Å². The molecule has 0 radical (unpaired) electrons. The second-order valence-corrected chi connectivity index (χ2v) is 5.87. The van der Waals surface area contributed by atoms with Crippen molar-refractivity contribution in [2.45, 2.75) is 39.7 Å². The zero-order chi connectivity index (χ0) is 15.5. The zero-order valence-corrected chi connectivity index (χ0v) is 13.2. The molecule has 6 nitrogen and oxygen atoms in total. The molecule has 0 bridgehead atoms. The number of aryl methyl sites for hydroxylation is 2. The molecule has 0 aromatic carbocycles. The van der Waals surface area contributed by atoms with Gasteiger partial charge in [0.2, 0.25) is 5.88 Å². The summed E-state index contributed by atoms with van der Waals surface area (Å²) in [6, 6.07) is 0. The lowest BCUT2D eigenvalue weighted by molar-refractivity contribution is -0.159. The van der Waals surface area contributed by atoms with Crippen molar-refractivity contribution in [1.82, 2.24) is 9.78 Å². The topological polar surface area (TPSA) is 79.4 Å². The first-order chi connectivity index (χ1) is 9.19. The van der Waals surface area contributed by atoms with Crippen LogP contribution in [0.3, 0.4) is 0 Å². The number of hydrogen-bond acceptors (Lipinski definition) is 5. The first-order valence-corrected chi connectivity index (χ1v) is 6.69. The summed E-state index contributed by atoms with van der Waals surface area (Å²) in [6.45, 7) is 7.64. The first-order valence-electron chi connectivity index (χ1n) is 6.69. The van der Waals surface area contributed by atoms with Crippen molar-refractivity contribution in [2.75, 3.05) is 13.7 Å². The zero-order valence-electron chi connectivity index (χ0n) is 13.2. The molecule has 1 heterocycles. The second-order valence-electron chi connectivity index (χ2n) is 5.87. The lowest BCUT2D eigenvalue weighted by atomic mass is 9.99. The standard InChI is InChI=1S/C14H25N3O3/c1-9-11(12(19-6)17(5)16-9)7-10(8-15)13(18)20-14(2,3)4/h10H,7-8,15H2,1-6H3. The first kappa shape index (κ1) is 16.5. The van der Waals surface area contributed by atoms with Gasteiger partial charge in [0.25, 0.3) is 0 Å². The summed E-state index contributed by atoms with van der Waals surface area (Å²) in [5.41, 5.74) is 6.94. The molecule has 20 heavy (non-hydrogen) atoms. The third-order valence-corrected chi connectivity index (χ3v) is 2.96. The Morgan fingerprint density at radius 2 is 2.05 bits per heavy atom. The van der Waals surface area contributed by atoms with Gasteiger partial charge >= 0.3 is 5.97 Å². The molecule has 0 aliphatic rings. The highest BCUT2D eigenvalue weighted by Gasteiger charge is 2.27. The van der Waals surface area contributed by atoms with E-state index < -0.39 is 11.5 Å². The molecule has 0 spiro atoms. The number of carbonyl (C=O) groups is 1. The molecule has 1 atom stereocenters. The van der Waals surface area contributed by atoms with Crippen LogP contribution in [0.1, 0.15) is 32.0 Å². The van der Waals surface area contributed by atoms with E-state index >= 15 is 0 Å². The number of methoxy groups -OCH3 is 1. The molecule has 0 aliphatic carbocycles. The average molecular weight is 283 g/mol. The molecule has 1 aromatic rings. The van der Waals surface area contributed by atoms with Gasteiger partial charge in [-0.3, -0.25) is 4.79 Å². The molecule has 0 fully saturated rings. The number of nitrogens with two attached hydrogens (primary N) is 1. The fourth-order valence-corrected chi connectivity index (χ4v) is 2.07. The van der Waals surface area contributed by atoms with Crippen molar-refractivity contribution in [3.63, 3.8) is 0 Å². The van der Waals surface area contributed by atoms with Crippen molar-refractivity contribution in [1.29, 1.82) is 0 Å². The fraction of sp³-hybridized carbons (Fsp3) is 0.714. The van der Waals surface area contributed by atoms with Crippen molar-refractivity contribution < 1.29 is 14.3 Å². The maximum Gasteiger partial charge on any atom is 0.311 e. The normalized spacial score (nSPS) is 13.2. The van der Waals surface area contributed by atoms with Crippen molar-refractivity contribution in [3.05, 3.63) is 11.3 Å². The molecule has 0 amide bonds. The average Bonchev–Trinajstić information content (AvgIpc) is 2.57. The fourth-order valence-electron chi connectivity index (χ4n) is 2.07. The van der Waals surface area contributed by atoms with Gasteiger partial charge in [-0.05, 0) is 34.1 Å². The van der Waals surface area contributed by atoms with Crippen LogP contribution in [0, 0.1) is 12.8 Å². The van der Waals surface area contributed by atoms with Gasteiger partial charge in [-0.25, -0.2) is 4.68 Å². The van der Waals surface area contributed by atoms with E-state index in [2.05, 4.69) is 5.10 Å². The summed E-state index contributed by atoms with van der Waals surface area (Å²) < 4.78 is 12.4. The van der Waals surface area contributed by atoms with Gasteiger partial charge in [0.15, 0.2) is 0 Å². The minimum absolute atomic E-state index is 0.229. The molecular weight excluding hydrogens is 258 g/mol. The molecular formula is C14H25N3O3. The van der Waals surface area contributed by atoms with Gasteiger partial charge < -0.3 is 15.2 Å². The summed E-state index contributed by atoms with van der Waals surface area (Å²) >= 11 is 0. The lowest BCUT2D eigenvalue weighted by Crippen LogP contribution is -2.33. The quantitative estimate of drug-likeness (QED) is 0.821. The van der Waals surface area contributed by atoms with E-state index in [4.69, 9.17) is 15.2 Å². The number of carbonyl (C=O) groups excluding carboxylic acids is 1. The molecule has 0 saturated heterocycles. The summed E-state index contributed by atoms with van der Waals surface area (Å²) in [6.07, 6.45) is 0.467. The third-order valence-electron chi connectivity index (χ3n) is 2.96. The number of nitrogens with zero attached hydrogens (tertiary/aromatic N) is 2. The Morgan fingerprint density at radius 3 is 2.50 bits per heavy atom. The smallest absolute Gasteiger partial charge is 0.311 e. The molecule has 0 saturated carbocycles. The van der Waals surface area contributed by atoms with Gasteiger partial charge in [0.1, 0.15) is 5.60 Å². The second kappa shape index (κ2) is 6.26. The molecule has 1 unspecified atom stereocenters. The van der Waals surface area contributed by atoms with Crippen LogP contribution >= 0.6 is 0 Å². The SMILES string of the molecule is COc1c(CC(CN)C(=O)OC(C)(C)C)c(C)nn1C. The van der Waals surface area contributed by atoms with E-state index in [-0.39, 0.29) is 12.5 Å². The maximum absolute atomic E-state index is 12.1. The number of ether oxygens (including phenoxy) is 2. The minimum Gasteiger partial charge on any atom is -0.481 e. The van der Waals surface area contributed by atoms with Crippen LogP contribution < -0.4 is 10.5 Å². The summed E-state index contributed by atoms with van der Waals surface area (Å²) in [5.74, 6) is -0.0270. The Balaban J connectivity index is 2.92. The predicted molar refractivity (Wildman–Crippen MR) is 76.6 cm³/mol. The van der Waals surface area contributed by atoms with Crippen LogP contribution in [0.2, 0.25) is 0 Å². The van der Waals surface area contributed by atoms with Crippen LogP contribution in [-0.4, -0.2) is 35.0 Å². The number of aromatic nitrogens is 2. The largest absolute Gasteiger partial charge is 0.481 e. The molecule has 6 heteroatoms. The molecule has 0 aliphatic heterocycles. The van der Waals surface area contributed by atoms with Gasteiger partial charge in [-0.2, -0.15) is 5.10 Å². The predicted octanol–water partition coefficient (Wildman–Crippen LogP) is 1.20. The van der Waals surface area contributed by atoms with Gasteiger partial charge in [-0.15, -0.1) is 0 Å². The molecule has 2 N–H and O–H groups in total. The summed E-state index contributed by atoms with van der Waals surface area (Å²) in [7, 11) is 3.39. The Hall–Kier alpha value is -1.56. The van der Waals surface area contributed by atoms with Gasteiger partial charge in [0.05, 0.1) is 18.7 Å². The van der Waals surface area contributed by atoms with E-state index in [0.29, 0.717) is 12.3 Å². The summed E-state index contributed by atoms with van der Waals surface area (Å²) in [5, 5.41) is 4.30. The lowest BCUT2D eigenvalue weighted by Gasteiger charge is -2.23. The van der Waals surface area contributed by atoms with Gasteiger partial charge in [-0.1, -0.05) is 0 Å². The molecule has 114 valence electrons. The van der Waals surface area contributed by atoms with Crippen molar-refractivity contribution >= 4 is 5.97 Å². The maximum atomic E-state index is 12.1. The monoisotopic (exact) mass is 283 g/mol. The molecule has 1 rings (SSSR count). The van der Waals surface area contributed by atoms with E-state index in [9.17, 15) is 4.79 Å². The highest BCUT2D eigenvalue weighted by Crippen LogP contribution is 2.25. The van der Waals surface area contributed by atoms with Crippen LogP contribution in [0.5, 0.6) is 5.88 Å². The highest BCUT2D eigenvalue weighted by atomic mass is 16.6. The van der Waals surface area contributed by atoms with Crippen molar-refractivity contribution in [3.8, 4) is 5.88 Å². The highest BCUT2D eigenvalue weighted by molar-refractivity contribution is 5.73. The van der Waals surface area contributed by atoms with Crippen LogP contribution in [0.4, 0.5) is 0 Å². The Kier molecular flexibility index (Phi) is 5.16. The molecule has 1 aromatic heterocycles. The van der Waals surface area contributed by atoms with E-state index in [1.54, 1.807) is 18.8 Å². The van der Waals surface area contributed by atoms with Crippen molar-refractivity contribution in [2.24, 2.45) is 18.7 Å². The minimum atomic E-state index is -0.515. The van der Waals surface area contributed by atoms with Crippen LogP contribution in [0.25, 0.3) is 0 Å². The van der Waals surface area contributed by atoms with Crippen LogP contribution in [-0.2, 0) is 23.0 Å². The van der Waals surface area contributed by atoms with E-state index in [0.717, 1.165) is 11.3 Å².